The van der Waals surface area contributed by atoms with Crippen LogP contribution >= 0.6 is 0 Å². The van der Waals surface area contributed by atoms with Crippen LogP contribution in [0.4, 0.5) is 0 Å². The molecule has 1 saturated carbocycles. The molecule has 0 radical (unpaired) electrons. The third-order valence-corrected chi connectivity index (χ3v) is 6.19. The minimum atomic E-state index is -2.94. The first-order valence-electron chi connectivity index (χ1n) is 7.50. The van der Waals surface area contributed by atoms with Crippen LogP contribution in [-0.2, 0) is 14.6 Å². The van der Waals surface area contributed by atoms with Gasteiger partial charge in [0.2, 0.25) is 0 Å². The molecule has 120 valence electrons. The number of ether oxygens (including phenoxy) is 1. The second-order valence-corrected chi connectivity index (χ2v) is 9.54. The summed E-state index contributed by atoms with van der Waals surface area (Å²) in [5.74, 6) is 0.359. The van der Waals surface area contributed by atoms with Crippen LogP contribution in [0.15, 0.2) is 0 Å². The fourth-order valence-corrected chi connectivity index (χ4v) is 4.76. The lowest BCUT2D eigenvalue weighted by atomic mass is 9.75. The zero-order valence-electron chi connectivity index (χ0n) is 13.8. The Morgan fingerprint density at radius 1 is 1.25 bits per heavy atom. The molecule has 1 fully saturated rings. The number of methoxy groups -OCH3 is 1. The summed E-state index contributed by atoms with van der Waals surface area (Å²) >= 11 is 0. The van der Waals surface area contributed by atoms with Crippen molar-refractivity contribution in [3.8, 4) is 0 Å². The normalized spacial score (nSPS) is 28.1. The van der Waals surface area contributed by atoms with Crippen LogP contribution in [0.1, 0.15) is 46.5 Å². The average molecular weight is 305 g/mol. The van der Waals surface area contributed by atoms with E-state index >= 15 is 0 Å². The zero-order valence-corrected chi connectivity index (χ0v) is 14.6. The van der Waals surface area contributed by atoms with Crippen LogP contribution in [0.2, 0.25) is 0 Å². The lowest BCUT2D eigenvalue weighted by molar-refractivity contribution is -0.0287. The number of likely N-dealkylation sites (N-methyl/N-ethyl adjacent to an activating group) is 1. The number of sulfone groups is 1. The number of nitrogens with one attached hydrogen (secondary N) is 1. The highest BCUT2D eigenvalue weighted by Gasteiger charge is 2.39. The molecule has 0 amide bonds. The van der Waals surface area contributed by atoms with Crippen molar-refractivity contribution in [2.24, 2.45) is 11.3 Å². The molecule has 4 nitrogen and oxygen atoms in total. The molecule has 0 aliphatic heterocycles. The Morgan fingerprint density at radius 2 is 1.85 bits per heavy atom. The highest BCUT2D eigenvalue weighted by molar-refractivity contribution is 7.91. The van der Waals surface area contributed by atoms with E-state index in [1.807, 2.05) is 7.05 Å². The third kappa shape index (κ3) is 4.43. The monoisotopic (exact) mass is 305 g/mol. The van der Waals surface area contributed by atoms with Gasteiger partial charge in [-0.1, -0.05) is 27.2 Å². The van der Waals surface area contributed by atoms with Gasteiger partial charge in [-0.05, 0) is 37.6 Å². The van der Waals surface area contributed by atoms with Crippen LogP contribution in [0.5, 0.6) is 0 Å². The summed E-state index contributed by atoms with van der Waals surface area (Å²) in [6.45, 7) is 6.51. The molecule has 1 N–H and O–H groups in total. The fourth-order valence-electron chi connectivity index (χ4n) is 3.57. The van der Waals surface area contributed by atoms with Crippen LogP contribution in [0.3, 0.4) is 0 Å². The van der Waals surface area contributed by atoms with Gasteiger partial charge in [-0.2, -0.15) is 0 Å². The molecular weight excluding hydrogens is 274 g/mol. The molecule has 0 saturated heterocycles. The standard InChI is InChI=1S/C15H31NO3S/c1-15(2,3)14(19-5)13(16-4)11-8-7-9-12(10-11)20(6,17)18/h11-14,16H,7-10H2,1-6H3. The highest BCUT2D eigenvalue weighted by Crippen LogP contribution is 2.36. The Hall–Kier alpha value is -0.130. The molecular formula is C15H31NO3S. The van der Waals surface area contributed by atoms with Crippen molar-refractivity contribution in [3.05, 3.63) is 0 Å². The molecule has 5 heteroatoms. The molecule has 1 aliphatic rings. The van der Waals surface area contributed by atoms with Gasteiger partial charge >= 0.3 is 0 Å². The summed E-state index contributed by atoms with van der Waals surface area (Å²) in [5.41, 5.74) is 0.0282. The van der Waals surface area contributed by atoms with Crippen molar-refractivity contribution in [2.75, 3.05) is 20.4 Å². The third-order valence-electron chi connectivity index (χ3n) is 4.55. The van der Waals surface area contributed by atoms with Crippen molar-refractivity contribution in [1.29, 1.82) is 0 Å². The van der Waals surface area contributed by atoms with Crippen molar-refractivity contribution < 1.29 is 13.2 Å². The first-order chi connectivity index (χ1) is 9.11. The molecule has 0 spiro atoms. The van der Waals surface area contributed by atoms with Gasteiger partial charge in [0, 0.05) is 19.4 Å². The van der Waals surface area contributed by atoms with Gasteiger partial charge in [-0.3, -0.25) is 0 Å². The molecule has 4 unspecified atom stereocenters. The Labute approximate surface area is 124 Å². The van der Waals surface area contributed by atoms with Gasteiger partial charge in [0.25, 0.3) is 0 Å². The van der Waals surface area contributed by atoms with Crippen LogP contribution in [0.25, 0.3) is 0 Å². The molecule has 1 aliphatic carbocycles. The summed E-state index contributed by atoms with van der Waals surface area (Å²) in [4.78, 5) is 0. The van der Waals surface area contributed by atoms with Crippen molar-refractivity contribution in [3.63, 3.8) is 0 Å². The second-order valence-electron chi connectivity index (χ2n) is 7.22. The maximum Gasteiger partial charge on any atom is 0.150 e. The zero-order chi connectivity index (χ0) is 15.6. The summed E-state index contributed by atoms with van der Waals surface area (Å²) in [6, 6.07) is 0.199. The second kappa shape index (κ2) is 6.75. The summed E-state index contributed by atoms with van der Waals surface area (Å²) in [5, 5.41) is 3.20. The SMILES string of the molecule is CNC(C1CCCC(S(C)(=O)=O)C1)C(OC)C(C)(C)C. The van der Waals surface area contributed by atoms with Crippen LogP contribution in [0, 0.1) is 11.3 Å². The van der Waals surface area contributed by atoms with Gasteiger partial charge < -0.3 is 10.1 Å². The van der Waals surface area contributed by atoms with Crippen LogP contribution < -0.4 is 5.32 Å². The van der Waals surface area contributed by atoms with Gasteiger partial charge in [0.1, 0.15) is 9.84 Å². The first-order valence-corrected chi connectivity index (χ1v) is 9.45. The predicted octanol–water partition coefficient (Wildman–Crippen LogP) is 2.24. The topological polar surface area (TPSA) is 55.4 Å². The first kappa shape index (κ1) is 17.9. The molecule has 4 atom stereocenters. The molecule has 0 aromatic carbocycles. The van der Waals surface area contributed by atoms with E-state index in [0.717, 1.165) is 25.7 Å². The Balaban J connectivity index is 2.89. The quantitative estimate of drug-likeness (QED) is 0.846. The predicted molar refractivity (Wildman–Crippen MR) is 83.7 cm³/mol. The summed E-state index contributed by atoms with van der Waals surface area (Å²) in [6.07, 6.45) is 5.07. The van der Waals surface area contributed by atoms with E-state index in [1.165, 1.54) is 6.26 Å². The van der Waals surface area contributed by atoms with E-state index in [-0.39, 0.29) is 22.8 Å². The lowest BCUT2D eigenvalue weighted by Gasteiger charge is -2.42. The van der Waals surface area contributed by atoms with Crippen LogP contribution in [-0.4, -0.2) is 46.2 Å². The molecule has 0 bridgehead atoms. The van der Waals surface area contributed by atoms with Crippen molar-refractivity contribution >= 4 is 9.84 Å². The lowest BCUT2D eigenvalue weighted by Crippen LogP contribution is -2.52. The highest BCUT2D eigenvalue weighted by atomic mass is 32.2. The molecule has 0 heterocycles. The van der Waals surface area contributed by atoms with E-state index < -0.39 is 9.84 Å². The number of hydrogen-bond acceptors (Lipinski definition) is 4. The minimum Gasteiger partial charge on any atom is -0.379 e. The van der Waals surface area contributed by atoms with E-state index in [4.69, 9.17) is 4.74 Å². The van der Waals surface area contributed by atoms with Gasteiger partial charge in [0.15, 0.2) is 0 Å². The molecule has 0 aromatic heterocycles. The van der Waals surface area contributed by atoms with Crippen molar-refractivity contribution in [2.45, 2.75) is 63.9 Å². The van der Waals surface area contributed by atoms with E-state index in [9.17, 15) is 8.42 Å². The maximum atomic E-state index is 11.8. The number of rotatable bonds is 5. The van der Waals surface area contributed by atoms with Gasteiger partial charge in [0.05, 0.1) is 11.4 Å². The smallest absolute Gasteiger partial charge is 0.150 e. The summed E-state index contributed by atoms with van der Waals surface area (Å²) in [7, 11) is 0.761. The molecule has 20 heavy (non-hydrogen) atoms. The Morgan fingerprint density at radius 3 is 2.25 bits per heavy atom. The van der Waals surface area contributed by atoms with Crippen molar-refractivity contribution in [1.82, 2.24) is 5.32 Å². The maximum absolute atomic E-state index is 11.8. The van der Waals surface area contributed by atoms with E-state index in [0.29, 0.717) is 5.92 Å². The van der Waals surface area contributed by atoms with E-state index in [2.05, 4.69) is 26.1 Å². The van der Waals surface area contributed by atoms with E-state index in [1.54, 1.807) is 7.11 Å². The molecule has 0 aromatic rings. The minimum absolute atomic E-state index is 0.0282. The summed E-state index contributed by atoms with van der Waals surface area (Å²) < 4.78 is 29.4. The number of hydrogen-bond donors (Lipinski definition) is 1. The van der Waals surface area contributed by atoms with Gasteiger partial charge in [-0.25, -0.2) is 8.42 Å². The largest absolute Gasteiger partial charge is 0.379 e. The Kier molecular flexibility index (Phi) is 6.05. The Bertz CT molecular complexity index is 400. The average Bonchev–Trinajstić information content (AvgIpc) is 2.33. The fraction of sp³-hybridized carbons (Fsp3) is 1.00. The molecule has 1 rings (SSSR count). The van der Waals surface area contributed by atoms with Gasteiger partial charge in [-0.15, -0.1) is 0 Å².